The molecule has 1 heterocycles. The molecule has 1 aromatic carbocycles. The number of carbonyl (C=O) groups excluding carboxylic acids is 2. The number of methoxy groups -OCH3 is 1. The van der Waals surface area contributed by atoms with Gasteiger partial charge in [0.1, 0.15) is 11.8 Å². The van der Waals surface area contributed by atoms with Crippen LogP contribution in [0.2, 0.25) is 0 Å². The average Bonchev–Trinajstić information content (AvgIpc) is 2.67. The molecule has 0 aliphatic carbocycles. The van der Waals surface area contributed by atoms with Crippen molar-refractivity contribution in [3.8, 4) is 5.75 Å². The van der Waals surface area contributed by atoms with Crippen LogP contribution in [-0.2, 0) is 16.1 Å². The molecule has 1 unspecified atom stereocenters. The second-order valence-electron chi connectivity index (χ2n) is 5.34. The normalized spacial score (nSPS) is 19.0. The van der Waals surface area contributed by atoms with E-state index in [1.54, 1.807) is 19.1 Å². The van der Waals surface area contributed by atoms with E-state index in [-0.39, 0.29) is 17.9 Å². The Hall–Kier alpha value is -2.04. The fourth-order valence-corrected chi connectivity index (χ4v) is 2.55. The Bertz CT molecular complexity index is 516. The van der Waals surface area contributed by atoms with Crippen LogP contribution in [0.4, 0.5) is 0 Å². The quantitative estimate of drug-likeness (QED) is 0.918. The first-order valence-electron chi connectivity index (χ1n) is 7.28. The van der Waals surface area contributed by atoms with E-state index in [0.717, 1.165) is 30.6 Å². The third-order valence-corrected chi connectivity index (χ3v) is 3.88. The molecule has 1 atom stereocenters. The van der Waals surface area contributed by atoms with Gasteiger partial charge in [-0.15, -0.1) is 0 Å². The van der Waals surface area contributed by atoms with Gasteiger partial charge < -0.3 is 15.0 Å². The Morgan fingerprint density at radius 3 is 3.00 bits per heavy atom. The molecule has 21 heavy (non-hydrogen) atoms. The van der Waals surface area contributed by atoms with Gasteiger partial charge in [-0.05, 0) is 30.5 Å². The van der Waals surface area contributed by atoms with Crippen LogP contribution < -0.4 is 10.1 Å². The highest BCUT2D eigenvalue weighted by Gasteiger charge is 2.28. The molecule has 1 aliphatic heterocycles. The van der Waals surface area contributed by atoms with E-state index in [4.69, 9.17) is 4.74 Å². The zero-order chi connectivity index (χ0) is 15.2. The van der Waals surface area contributed by atoms with Gasteiger partial charge in [-0.25, -0.2) is 0 Å². The van der Waals surface area contributed by atoms with Gasteiger partial charge in [0, 0.05) is 20.0 Å². The molecular weight excluding hydrogens is 268 g/mol. The van der Waals surface area contributed by atoms with Crippen molar-refractivity contribution in [2.75, 3.05) is 14.2 Å². The van der Waals surface area contributed by atoms with Crippen LogP contribution in [-0.4, -0.2) is 36.9 Å². The summed E-state index contributed by atoms with van der Waals surface area (Å²) in [5, 5.41) is 2.91. The van der Waals surface area contributed by atoms with Crippen LogP contribution in [0.1, 0.15) is 31.2 Å². The van der Waals surface area contributed by atoms with E-state index >= 15 is 0 Å². The standard InChI is InChI=1S/C16H22N2O3/c1-18-14(8-3-4-9-15(18)19)16(20)17-11-12-6-5-7-13(10-12)21-2/h5-7,10,14H,3-4,8-9,11H2,1-2H3,(H,17,20). The van der Waals surface area contributed by atoms with Gasteiger partial charge in [0.2, 0.25) is 11.8 Å². The summed E-state index contributed by atoms with van der Waals surface area (Å²) in [4.78, 5) is 25.7. The van der Waals surface area contributed by atoms with Gasteiger partial charge in [0.15, 0.2) is 0 Å². The lowest BCUT2D eigenvalue weighted by Crippen LogP contribution is -2.46. The van der Waals surface area contributed by atoms with Gasteiger partial charge in [-0.1, -0.05) is 18.6 Å². The molecule has 0 bridgehead atoms. The molecule has 1 N–H and O–H groups in total. The van der Waals surface area contributed by atoms with E-state index in [2.05, 4.69) is 5.32 Å². The lowest BCUT2D eigenvalue weighted by Gasteiger charge is -2.25. The topological polar surface area (TPSA) is 58.6 Å². The Kier molecular flexibility index (Phi) is 5.20. The molecule has 1 saturated heterocycles. The van der Waals surface area contributed by atoms with Gasteiger partial charge in [-0.3, -0.25) is 9.59 Å². The maximum Gasteiger partial charge on any atom is 0.243 e. The number of rotatable bonds is 4. The van der Waals surface area contributed by atoms with Crippen molar-refractivity contribution in [3.05, 3.63) is 29.8 Å². The Labute approximate surface area is 125 Å². The zero-order valence-corrected chi connectivity index (χ0v) is 12.6. The summed E-state index contributed by atoms with van der Waals surface area (Å²) in [6, 6.07) is 7.23. The zero-order valence-electron chi connectivity index (χ0n) is 12.6. The highest BCUT2D eigenvalue weighted by atomic mass is 16.5. The maximum absolute atomic E-state index is 12.3. The molecule has 1 aliphatic rings. The Balaban J connectivity index is 1.95. The van der Waals surface area contributed by atoms with Crippen molar-refractivity contribution in [1.29, 1.82) is 0 Å². The van der Waals surface area contributed by atoms with Crippen LogP contribution in [0.15, 0.2) is 24.3 Å². The summed E-state index contributed by atoms with van der Waals surface area (Å²) in [5.41, 5.74) is 0.977. The fraction of sp³-hybridized carbons (Fsp3) is 0.500. The Morgan fingerprint density at radius 1 is 1.43 bits per heavy atom. The van der Waals surface area contributed by atoms with E-state index in [1.807, 2.05) is 24.3 Å². The maximum atomic E-state index is 12.3. The number of likely N-dealkylation sites (N-methyl/N-ethyl adjacent to an activating group) is 1. The summed E-state index contributed by atoms with van der Waals surface area (Å²) in [7, 11) is 3.33. The molecule has 5 nitrogen and oxygen atoms in total. The summed E-state index contributed by atoms with van der Waals surface area (Å²) in [5.74, 6) is 0.730. The van der Waals surface area contributed by atoms with Crippen LogP contribution in [0.5, 0.6) is 5.75 Å². The lowest BCUT2D eigenvalue weighted by atomic mass is 10.1. The minimum absolute atomic E-state index is 0.0500. The number of amides is 2. The molecule has 0 aromatic heterocycles. The van der Waals surface area contributed by atoms with Gasteiger partial charge in [0.05, 0.1) is 7.11 Å². The van der Waals surface area contributed by atoms with E-state index in [0.29, 0.717) is 13.0 Å². The fourth-order valence-electron chi connectivity index (χ4n) is 2.55. The Morgan fingerprint density at radius 2 is 2.24 bits per heavy atom. The second-order valence-corrected chi connectivity index (χ2v) is 5.34. The van der Waals surface area contributed by atoms with E-state index in [9.17, 15) is 9.59 Å². The number of benzene rings is 1. The minimum atomic E-state index is -0.356. The van der Waals surface area contributed by atoms with Gasteiger partial charge in [-0.2, -0.15) is 0 Å². The van der Waals surface area contributed by atoms with E-state index in [1.165, 1.54) is 0 Å². The summed E-state index contributed by atoms with van der Waals surface area (Å²) in [6.45, 7) is 0.439. The molecule has 0 saturated carbocycles. The molecule has 2 rings (SSSR count). The molecule has 5 heteroatoms. The predicted octanol–water partition coefficient (Wildman–Crippen LogP) is 1.71. The van der Waals surface area contributed by atoms with Crippen molar-refractivity contribution >= 4 is 11.8 Å². The van der Waals surface area contributed by atoms with Crippen LogP contribution >= 0.6 is 0 Å². The van der Waals surface area contributed by atoms with Gasteiger partial charge in [0.25, 0.3) is 0 Å². The molecule has 1 fully saturated rings. The summed E-state index contributed by atoms with van der Waals surface area (Å²) in [6.07, 6.45) is 3.04. The number of hydrogen-bond acceptors (Lipinski definition) is 3. The summed E-state index contributed by atoms with van der Waals surface area (Å²) >= 11 is 0. The number of likely N-dealkylation sites (tertiary alicyclic amines) is 1. The van der Waals surface area contributed by atoms with E-state index < -0.39 is 0 Å². The molecule has 2 amide bonds. The van der Waals surface area contributed by atoms with Crippen LogP contribution in [0.3, 0.4) is 0 Å². The summed E-state index contributed by atoms with van der Waals surface area (Å²) < 4.78 is 5.16. The van der Waals surface area contributed by atoms with Crippen molar-refractivity contribution < 1.29 is 14.3 Å². The van der Waals surface area contributed by atoms with Crippen LogP contribution in [0.25, 0.3) is 0 Å². The molecular formula is C16H22N2O3. The SMILES string of the molecule is COc1cccc(CNC(=O)C2CCCCC(=O)N2C)c1. The highest BCUT2D eigenvalue weighted by molar-refractivity contribution is 5.87. The van der Waals surface area contributed by atoms with Crippen molar-refractivity contribution in [2.45, 2.75) is 38.3 Å². The van der Waals surface area contributed by atoms with Gasteiger partial charge >= 0.3 is 0 Å². The number of nitrogens with zero attached hydrogens (tertiary/aromatic N) is 1. The number of nitrogens with one attached hydrogen (secondary N) is 1. The van der Waals surface area contributed by atoms with Crippen molar-refractivity contribution in [2.24, 2.45) is 0 Å². The largest absolute Gasteiger partial charge is 0.497 e. The molecule has 114 valence electrons. The third kappa shape index (κ3) is 3.97. The number of carbonyl (C=O) groups is 2. The smallest absolute Gasteiger partial charge is 0.243 e. The minimum Gasteiger partial charge on any atom is -0.497 e. The highest BCUT2D eigenvalue weighted by Crippen LogP contribution is 2.17. The first-order chi connectivity index (χ1) is 10.1. The predicted molar refractivity (Wildman–Crippen MR) is 79.9 cm³/mol. The first kappa shape index (κ1) is 15.4. The first-order valence-corrected chi connectivity index (χ1v) is 7.28. The molecule has 0 spiro atoms. The average molecular weight is 290 g/mol. The second kappa shape index (κ2) is 7.11. The van der Waals surface area contributed by atoms with Crippen LogP contribution in [0, 0.1) is 0 Å². The molecule has 0 radical (unpaired) electrons. The monoisotopic (exact) mass is 290 g/mol. The lowest BCUT2D eigenvalue weighted by molar-refractivity contribution is -0.138. The third-order valence-electron chi connectivity index (χ3n) is 3.88. The number of hydrogen-bond donors (Lipinski definition) is 1. The molecule has 1 aromatic rings. The van der Waals surface area contributed by atoms with Crippen molar-refractivity contribution in [3.63, 3.8) is 0 Å². The van der Waals surface area contributed by atoms with Crippen molar-refractivity contribution in [1.82, 2.24) is 10.2 Å². The number of ether oxygens (including phenoxy) is 1.